The molecule has 5 nitrogen and oxygen atoms in total. The summed E-state index contributed by atoms with van der Waals surface area (Å²) < 4.78 is 13.6. The smallest absolute Gasteiger partial charge is 0.538 e. The second-order valence-electron chi connectivity index (χ2n) is 1.44. The molecule has 0 amide bonds. The maximum Gasteiger partial charge on any atom is 0.538 e. The summed E-state index contributed by atoms with van der Waals surface area (Å²) in [7, 11) is -3.00. The summed E-state index contributed by atoms with van der Waals surface area (Å²) in [6.07, 6.45) is 0.661. The Labute approximate surface area is 57.9 Å². The van der Waals surface area contributed by atoms with Crippen molar-refractivity contribution in [2.24, 2.45) is 0 Å². The van der Waals surface area contributed by atoms with Crippen LogP contribution in [0.3, 0.4) is 0 Å². The molecule has 0 aromatic heterocycles. The molecule has 6 heteroatoms. The molecule has 1 N–H and O–H groups in total. The fourth-order valence-electron chi connectivity index (χ4n) is 0.172. The van der Waals surface area contributed by atoms with Gasteiger partial charge in [-0.3, -0.25) is 4.52 Å². The van der Waals surface area contributed by atoms with Gasteiger partial charge in [-0.2, -0.15) is 0 Å². The summed E-state index contributed by atoms with van der Waals surface area (Å²) >= 11 is 0. The monoisotopic (exact) mass is 164 g/mol. The lowest BCUT2D eigenvalue weighted by atomic mass is 10.4. The topological polar surface area (TPSA) is 86.7 Å². The lowest BCUT2D eigenvalue weighted by Crippen LogP contribution is -1.96. The van der Waals surface area contributed by atoms with Gasteiger partial charge in [0.15, 0.2) is 6.26 Å². The van der Waals surface area contributed by atoms with Gasteiger partial charge in [-0.05, 0) is 11.5 Å². The molecule has 0 bridgehead atoms. The van der Waals surface area contributed by atoms with E-state index >= 15 is 0 Å². The molecule has 0 spiro atoms. The van der Waals surface area contributed by atoms with E-state index in [0.29, 0.717) is 6.26 Å². The fourth-order valence-corrected chi connectivity index (χ4v) is 0.417. The third-order valence-electron chi connectivity index (χ3n) is 0.653. The van der Waals surface area contributed by atoms with Gasteiger partial charge < -0.3 is 10.00 Å². The molecule has 0 fully saturated rings. The van der Waals surface area contributed by atoms with Crippen LogP contribution < -0.4 is 4.89 Å². The fraction of sp³-hybridized carbons (Fsp3) is 0.250. The van der Waals surface area contributed by atoms with Gasteiger partial charge in [-0.1, -0.05) is 0 Å². The Morgan fingerprint density at radius 3 is 2.60 bits per heavy atom. The largest absolute Gasteiger partial charge is 0.558 e. The maximum atomic E-state index is 9.97. The lowest BCUT2D eigenvalue weighted by molar-refractivity contribution is -0.181. The minimum absolute atomic E-state index is 0.167. The van der Waals surface area contributed by atoms with E-state index in [-0.39, 0.29) is 5.57 Å². The molecule has 0 saturated carbocycles. The summed E-state index contributed by atoms with van der Waals surface area (Å²) in [5.74, 6) is -1.21. The van der Waals surface area contributed by atoms with Gasteiger partial charge in [0.1, 0.15) is 0 Å². The van der Waals surface area contributed by atoms with E-state index in [2.05, 4.69) is 4.52 Å². The molecule has 0 aliphatic carbocycles. The summed E-state index contributed by atoms with van der Waals surface area (Å²) in [4.78, 5) is 19.7. The van der Waals surface area contributed by atoms with Crippen LogP contribution in [0, 0.1) is 0 Å². The Balaban J connectivity index is 3.92. The average Bonchev–Trinajstić information content (AvgIpc) is 1.82. The third-order valence-corrected chi connectivity index (χ3v) is 0.930. The summed E-state index contributed by atoms with van der Waals surface area (Å²) in [6, 6.07) is 0. The molecule has 0 aromatic carbocycles. The number of carbonyl (C=O) groups is 1. The first kappa shape index (κ1) is 9.07. The highest BCUT2D eigenvalue weighted by Gasteiger charge is 2.03. The van der Waals surface area contributed by atoms with E-state index in [0.717, 1.165) is 0 Å². The van der Waals surface area contributed by atoms with Crippen molar-refractivity contribution in [3.63, 3.8) is 0 Å². The van der Waals surface area contributed by atoms with E-state index in [1.165, 1.54) is 6.92 Å². The van der Waals surface area contributed by atoms with Crippen molar-refractivity contribution in [3.05, 3.63) is 11.8 Å². The predicted octanol–water partition coefficient (Wildman–Crippen LogP) is 0.00910. The van der Waals surface area contributed by atoms with E-state index in [1.54, 1.807) is 0 Å². The van der Waals surface area contributed by atoms with Crippen molar-refractivity contribution >= 4 is 14.2 Å². The van der Waals surface area contributed by atoms with Crippen LogP contribution in [0.15, 0.2) is 11.8 Å². The number of rotatable bonds is 3. The SMILES string of the molecule is CC(=CO[P+](=O)[O-])C(=O)O. The molecule has 1 unspecified atom stereocenters. The second kappa shape index (κ2) is 3.98. The molecule has 0 saturated heterocycles. The summed E-state index contributed by atoms with van der Waals surface area (Å²) in [5, 5.41) is 8.15. The molecule has 0 aromatic rings. The minimum Gasteiger partial charge on any atom is -0.558 e. The van der Waals surface area contributed by atoms with E-state index in [4.69, 9.17) is 5.11 Å². The van der Waals surface area contributed by atoms with Gasteiger partial charge in [0, 0.05) is 0 Å². The van der Waals surface area contributed by atoms with Gasteiger partial charge in [-0.25, -0.2) is 4.79 Å². The van der Waals surface area contributed by atoms with Crippen molar-refractivity contribution in [3.8, 4) is 0 Å². The van der Waals surface area contributed by atoms with Gasteiger partial charge in [0.2, 0.25) is 0 Å². The van der Waals surface area contributed by atoms with Gasteiger partial charge in [0.25, 0.3) is 0 Å². The average molecular weight is 164 g/mol. The van der Waals surface area contributed by atoms with Crippen molar-refractivity contribution < 1.29 is 23.9 Å². The minimum atomic E-state index is -3.00. The number of aliphatic carboxylic acids is 1. The van der Waals surface area contributed by atoms with Gasteiger partial charge in [0.05, 0.1) is 5.57 Å². The first-order valence-electron chi connectivity index (χ1n) is 2.25. The molecular weight excluding hydrogens is 159 g/mol. The number of carboxylic acid groups (broad SMARTS) is 1. The van der Waals surface area contributed by atoms with E-state index in [9.17, 15) is 14.3 Å². The van der Waals surface area contributed by atoms with Crippen LogP contribution in [-0.2, 0) is 13.9 Å². The van der Waals surface area contributed by atoms with Crippen molar-refractivity contribution in [1.29, 1.82) is 0 Å². The van der Waals surface area contributed by atoms with Crippen LogP contribution in [-0.4, -0.2) is 11.1 Å². The molecule has 0 heterocycles. The molecule has 0 aliphatic rings. The predicted molar refractivity (Wildman–Crippen MR) is 30.1 cm³/mol. The van der Waals surface area contributed by atoms with Crippen LogP contribution in [0.1, 0.15) is 6.92 Å². The van der Waals surface area contributed by atoms with Crippen LogP contribution in [0.4, 0.5) is 0 Å². The first-order chi connectivity index (χ1) is 4.54. The molecule has 1 atom stereocenters. The van der Waals surface area contributed by atoms with Crippen LogP contribution in [0.5, 0.6) is 0 Å². The summed E-state index contributed by atoms with van der Waals surface area (Å²) in [6.45, 7) is 1.22. The number of hydrogen-bond donors (Lipinski definition) is 1. The number of carboxylic acids is 1. The third kappa shape index (κ3) is 4.00. The Kier molecular flexibility index (Phi) is 3.61. The highest BCUT2D eigenvalue weighted by Crippen LogP contribution is 2.10. The Morgan fingerprint density at radius 2 is 2.30 bits per heavy atom. The molecule has 0 rings (SSSR count). The molecule has 10 heavy (non-hydrogen) atoms. The molecule has 0 aliphatic heterocycles. The van der Waals surface area contributed by atoms with Crippen LogP contribution >= 0.6 is 8.25 Å². The zero-order chi connectivity index (χ0) is 8.15. The van der Waals surface area contributed by atoms with Gasteiger partial charge >= 0.3 is 14.2 Å². The maximum absolute atomic E-state index is 9.97. The highest BCUT2D eigenvalue weighted by atomic mass is 31.1. The quantitative estimate of drug-likeness (QED) is 0.360. The zero-order valence-electron chi connectivity index (χ0n) is 5.10. The molecule has 0 radical (unpaired) electrons. The normalized spacial score (nSPS) is 12.6. The van der Waals surface area contributed by atoms with E-state index in [1.807, 2.05) is 0 Å². The standard InChI is InChI=1S/C4H5O5P/c1-3(4(5)6)2-9-10(7)8/h2H,1H3,(H,5,6). The highest BCUT2D eigenvalue weighted by molar-refractivity contribution is 7.30. The Bertz CT molecular complexity index is 184. The van der Waals surface area contributed by atoms with Crippen LogP contribution in [0.2, 0.25) is 0 Å². The molecule has 56 valence electrons. The Hall–Kier alpha value is -0.930. The van der Waals surface area contributed by atoms with Crippen LogP contribution in [0.25, 0.3) is 0 Å². The summed E-state index contributed by atoms with van der Waals surface area (Å²) in [5.41, 5.74) is -0.167. The van der Waals surface area contributed by atoms with Crippen molar-refractivity contribution in [1.82, 2.24) is 0 Å². The second-order valence-corrected chi connectivity index (χ2v) is 2.09. The zero-order valence-corrected chi connectivity index (χ0v) is 6.00. The molecular formula is C4H5O5P. The Morgan fingerprint density at radius 1 is 1.80 bits per heavy atom. The van der Waals surface area contributed by atoms with E-state index < -0.39 is 14.2 Å². The van der Waals surface area contributed by atoms with Gasteiger partial charge in [-0.15, -0.1) is 0 Å². The lowest BCUT2D eigenvalue weighted by Gasteiger charge is -1.87. The van der Waals surface area contributed by atoms with Crippen molar-refractivity contribution in [2.75, 3.05) is 0 Å². The number of hydrogen-bond acceptors (Lipinski definition) is 4. The first-order valence-corrected chi connectivity index (χ1v) is 3.35. The van der Waals surface area contributed by atoms with Crippen molar-refractivity contribution in [2.45, 2.75) is 6.92 Å².